The van der Waals surface area contributed by atoms with E-state index in [0.29, 0.717) is 0 Å². The Morgan fingerprint density at radius 2 is 0.862 bits per heavy atom. The van der Waals surface area contributed by atoms with Crippen LogP contribution in [0.15, 0.2) is 221 Å². The molecular formula is C55H35NO2. The van der Waals surface area contributed by atoms with Gasteiger partial charge in [-0.2, -0.15) is 0 Å². The first kappa shape index (κ1) is 32.6. The molecule has 0 saturated heterocycles. The summed E-state index contributed by atoms with van der Waals surface area (Å²) in [5, 5.41) is 4.39. The highest BCUT2D eigenvalue weighted by Gasteiger charge is 2.46. The van der Waals surface area contributed by atoms with Gasteiger partial charge in [0.15, 0.2) is 0 Å². The van der Waals surface area contributed by atoms with E-state index in [4.69, 9.17) is 8.83 Å². The van der Waals surface area contributed by atoms with Gasteiger partial charge in [0, 0.05) is 38.6 Å². The summed E-state index contributed by atoms with van der Waals surface area (Å²) < 4.78 is 12.7. The van der Waals surface area contributed by atoms with Gasteiger partial charge in [0.2, 0.25) is 0 Å². The minimum Gasteiger partial charge on any atom is -0.456 e. The fourth-order valence-corrected chi connectivity index (χ4v) is 9.66. The van der Waals surface area contributed by atoms with Gasteiger partial charge in [0.05, 0.1) is 5.41 Å². The molecule has 0 spiro atoms. The molecule has 272 valence electrons. The van der Waals surface area contributed by atoms with Gasteiger partial charge >= 0.3 is 0 Å². The van der Waals surface area contributed by atoms with Crippen molar-refractivity contribution in [1.29, 1.82) is 0 Å². The highest BCUT2D eigenvalue weighted by atomic mass is 16.3. The molecule has 2 aromatic heterocycles. The van der Waals surface area contributed by atoms with Crippen molar-refractivity contribution in [3.8, 4) is 22.3 Å². The predicted molar refractivity (Wildman–Crippen MR) is 238 cm³/mol. The first-order valence-electron chi connectivity index (χ1n) is 19.8. The topological polar surface area (TPSA) is 29.5 Å². The van der Waals surface area contributed by atoms with E-state index in [2.05, 4.69) is 193 Å². The van der Waals surface area contributed by atoms with Crippen LogP contribution in [-0.2, 0) is 5.41 Å². The van der Waals surface area contributed by atoms with Crippen LogP contribution < -0.4 is 4.90 Å². The highest BCUT2D eigenvalue weighted by molar-refractivity contribution is 6.25. The maximum atomic E-state index is 6.51. The Balaban J connectivity index is 0.988. The molecule has 0 N–H and O–H groups in total. The van der Waals surface area contributed by atoms with Gasteiger partial charge in [-0.3, -0.25) is 0 Å². The van der Waals surface area contributed by atoms with Gasteiger partial charge in [-0.1, -0.05) is 146 Å². The predicted octanol–water partition coefficient (Wildman–Crippen LogP) is 15.0. The molecule has 2 heterocycles. The largest absolute Gasteiger partial charge is 0.456 e. The molecule has 12 rings (SSSR count). The molecule has 0 saturated carbocycles. The van der Waals surface area contributed by atoms with Gasteiger partial charge in [0.1, 0.15) is 22.3 Å². The number of anilines is 3. The first-order valence-corrected chi connectivity index (χ1v) is 19.8. The van der Waals surface area contributed by atoms with Gasteiger partial charge in [-0.15, -0.1) is 0 Å². The third kappa shape index (κ3) is 4.74. The van der Waals surface area contributed by atoms with Gasteiger partial charge in [0.25, 0.3) is 0 Å². The zero-order valence-electron chi connectivity index (χ0n) is 31.5. The maximum absolute atomic E-state index is 6.51. The van der Waals surface area contributed by atoms with Crippen LogP contribution >= 0.6 is 0 Å². The number of hydrogen-bond acceptors (Lipinski definition) is 3. The number of hydrogen-bond donors (Lipinski definition) is 0. The molecule has 0 unspecified atom stereocenters. The molecule has 0 aliphatic heterocycles. The van der Waals surface area contributed by atoms with Gasteiger partial charge < -0.3 is 13.7 Å². The Morgan fingerprint density at radius 3 is 1.59 bits per heavy atom. The van der Waals surface area contributed by atoms with Crippen molar-refractivity contribution in [2.24, 2.45) is 0 Å². The van der Waals surface area contributed by atoms with Gasteiger partial charge in [-0.05, 0) is 111 Å². The molecule has 0 radical (unpaired) electrons. The van der Waals surface area contributed by atoms with Crippen LogP contribution in [0.25, 0.3) is 66.1 Å². The number of nitrogens with zero attached hydrogens (tertiary/aromatic N) is 1. The molecule has 0 bridgehead atoms. The Morgan fingerprint density at radius 1 is 0.328 bits per heavy atom. The zero-order chi connectivity index (χ0) is 38.2. The Hall–Kier alpha value is -7.62. The fraction of sp³-hybridized carbons (Fsp3) is 0.0182. The Labute approximate surface area is 335 Å². The minimum atomic E-state index is -0.484. The van der Waals surface area contributed by atoms with E-state index in [0.717, 1.165) is 72.1 Å². The lowest BCUT2D eigenvalue weighted by atomic mass is 9.67. The molecule has 0 atom stereocenters. The molecule has 0 fully saturated rings. The Kier molecular flexibility index (Phi) is 7.14. The lowest BCUT2D eigenvalue weighted by molar-refractivity contribution is 0.663. The van der Waals surface area contributed by atoms with E-state index < -0.39 is 5.41 Å². The lowest BCUT2D eigenvalue weighted by Gasteiger charge is -2.35. The number of rotatable bonds is 6. The quantitative estimate of drug-likeness (QED) is 0.170. The number of para-hydroxylation sites is 2. The van der Waals surface area contributed by atoms with E-state index in [1.165, 1.54) is 33.4 Å². The third-order valence-electron chi connectivity index (χ3n) is 12.1. The molecule has 3 nitrogen and oxygen atoms in total. The van der Waals surface area contributed by atoms with Crippen molar-refractivity contribution >= 4 is 60.9 Å². The summed E-state index contributed by atoms with van der Waals surface area (Å²) in [5.74, 6) is 0. The second kappa shape index (κ2) is 12.7. The van der Waals surface area contributed by atoms with Crippen molar-refractivity contribution in [2.45, 2.75) is 5.41 Å². The minimum absolute atomic E-state index is 0.484. The number of furan rings is 2. The van der Waals surface area contributed by atoms with Crippen LogP contribution in [0.5, 0.6) is 0 Å². The SMILES string of the molecule is c1ccc(N(c2ccc(-c3ccc4c(c3)oc3ccc5oc6ccccc6c5c34)cc2)c2ccc3c(c2)C(c2ccccc2)(c2ccccc2)c2ccccc2-3)cc1. The van der Waals surface area contributed by atoms with Crippen molar-refractivity contribution in [1.82, 2.24) is 0 Å². The first-order chi connectivity index (χ1) is 28.8. The van der Waals surface area contributed by atoms with Crippen LogP contribution in [-0.4, -0.2) is 0 Å². The third-order valence-corrected chi connectivity index (χ3v) is 12.1. The van der Waals surface area contributed by atoms with E-state index in [9.17, 15) is 0 Å². The van der Waals surface area contributed by atoms with Crippen molar-refractivity contribution in [3.05, 3.63) is 235 Å². The monoisotopic (exact) mass is 741 g/mol. The van der Waals surface area contributed by atoms with Crippen LogP contribution in [0, 0.1) is 0 Å². The zero-order valence-corrected chi connectivity index (χ0v) is 31.5. The van der Waals surface area contributed by atoms with Crippen LogP contribution in [0.2, 0.25) is 0 Å². The van der Waals surface area contributed by atoms with E-state index >= 15 is 0 Å². The van der Waals surface area contributed by atoms with Crippen molar-refractivity contribution in [2.75, 3.05) is 4.90 Å². The molecule has 1 aliphatic carbocycles. The number of fused-ring (bicyclic) bond motifs is 10. The summed E-state index contributed by atoms with van der Waals surface area (Å²) in [5.41, 5.74) is 16.1. The summed E-state index contributed by atoms with van der Waals surface area (Å²) in [4.78, 5) is 2.37. The van der Waals surface area contributed by atoms with Crippen molar-refractivity contribution < 1.29 is 8.83 Å². The van der Waals surface area contributed by atoms with Crippen LogP contribution in [0.1, 0.15) is 22.3 Å². The summed E-state index contributed by atoms with van der Waals surface area (Å²) >= 11 is 0. The van der Waals surface area contributed by atoms with E-state index in [1.807, 2.05) is 24.3 Å². The van der Waals surface area contributed by atoms with E-state index in [-0.39, 0.29) is 0 Å². The normalized spacial score (nSPS) is 13.0. The lowest BCUT2D eigenvalue weighted by Crippen LogP contribution is -2.28. The summed E-state index contributed by atoms with van der Waals surface area (Å²) in [6.07, 6.45) is 0. The maximum Gasteiger partial charge on any atom is 0.136 e. The molecule has 1 aliphatic rings. The average Bonchev–Trinajstić information content (AvgIpc) is 3.95. The average molecular weight is 742 g/mol. The van der Waals surface area contributed by atoms with Crippen LogP contribution in [0.3, 0.4) is 0 Å². The summed E-state index contributed by atoms with van der Waals surface area (Å²) in [7, 11) is 0. The summed E-state index contributed by atoms with van der Waals surface area (Å²) in [6.45, 7) is 0. The smallest absolute Gasteiger partial charge is 0.136 e. The summed E-state index contributed by atoms with van der Waals surface area (Å²) in [6, 6.07) is 76.3. The molecule has 11 aromatic rings. The van der Waals surface area contributed by atoms with Crippen LogP contribution in [0.4, 0.5) is 17.1 Å². The molecule has 58 heavy (non-hydrogen) atoms. The fourth-order valence-electron chi connectivity index (χ4n) is 9.66. The second-order valence-corrected chi connectivity index (χ2v) is 15.2. The highest BCUT2D eigenvalue weighted by Crippen LogP contribution is 2.57. The second-order valence-electron chi connectivity index (χ2n) is 15.2. The standard InChI is InChI=1S/C55H35NO2/c1-4-14-38(15-5-1)55(39-16-6-2-7-17-39)47-22-12-10-20-43(47)44-31-29-42(35-48(44)55)56(40-18-8-3-9-19-40)41-27-24-36(25-28-41)37-26-30-46-52(34-37)58-51-33-32-50-53(54(46)51)45-21-11-13-23-49(45)57-50/h1-35H. The van der Waals surface area contributed by atoms with E-state index in [1.54, 1.807) is 0 Å². The van der Waals surface area contributed by atoms with Crippen molar-refractivity contribution in [3.63, 3.8) is 0 Å². The molecular weight excluding hydrogens is 707 g/mol. The molecule has 9 aromatic carbocycles. The molecule has 3 heteroatoms. The number of benzene rings is 9. The molecule has 0 amide bonds. The Bertz CT molecular complexity index is 3290. The van der Waals surface area contributed by atoms with Gasteiger partial charge in [-0.25, -0.2) is 0 Å².